The van der Waals surface area contributed by atoms with E-state index >= 15 is 0 Å². The Hall–Kier alpha value is -3.37. The fourth-order valence-electron chi connectivity index (χ4n) is 3.18. The maximum Gasteiger partial charge on any atom is 0.257 e. The van der Waals surface area contributed by atoms with Crippen LogP contribution >= 0.6 is 11.6 Å². The first-order valence-corrected chi connectivity index (χ1v) is 10.5. The second-order valence-electron chi connectivity index (χ2n) is 7.29. The van der Waals surface area contributed by atoms with E-state index in [2.05, 4.69) is 10.6 Å². The summed E-state index contributed by atoms with van der Waals surface area (Å²) in [5.74, 6) is -0.928. The maximum atomic E-state index is 13.1. The van der Waals surface area contributed by atoms with Gasteiger partial charge in [0.1, 0.15) is 5.57 Å². The molecule has 0 heterocycles. The molecule has 2 amide bonds. The van der Waals surface area contributed by atoms with E-state index in [1.807, 2.05) is 80.6 Å². The van der Waals surface area contributed by atoms with Gasteiger partial charge in [-0.15, -0.1) is 0 Å². The molecule has 158 valence electrons. The SMILES string of the molecule is C[C@H](NC(=O)C(=Cc1ccccc1Cl)C(=O)N[C@@H](C)c1ccccc1)c1ccccc1. The van der Waals surface area contributed by atoms with Gasteiger partial charge in [0.05, 0.1) is 12.1 Å². The molecule has 0 aliphatic heterocycles. The average molecular weight is 433 g/mol. The number of benzene rings is 3. The van der Waals surface area contributed by atoms with Crippen molar-refractivity contribution in [1.29, 1.82) is 0 Å². The normalized spacial score (nSPS) is 12.4. The summed E-state index contributed by atoms with van der Waals surface area (Å²) in [4.78, 5) is 26.2. The van der Waals surface area contributed by atoms with Gasteiger partial charge in [0, 0.05) is 5.02 Å². The van der Waals surface area contributed by atoms with Crippen LogP contribution in [-0.2, 0) is 9.59 Å². The van der Waals surface area contributed by atoms with Crippen molar-refractivity contribution in [3.63, 3.8) is 0 Å². The van der Waals surface area contributed by atoms with Crippen LogP contribution < -0.4 is 10.6 Å². The van der Waals surface area contributed by atoms with Crippen molar-refractivity contribution >= 4 is 29.5 Å². The fourth-order valence-corrected chi connectivity index (χ4v) is 3.37. The molecule has 3 aromatic rings. The molecule has 5 heteroatoms. The molecule has 0 saturated carbocycles. The van der Waals surface area contributed by atoms with Gasteiger partial charge in [-0.25, -0.2) is 0 Å². The predicted octanol–water partition coefficient (Wildman–Crippen LogP) is 5.48. The highest BCUT2D eigenvalue weighted by Gasteiger charge is 2.22. The van der Waals surface area contributed by atoms with Crippen LogP contribution in [0.1, 0.15) is 42.6 Å². The van der Waals surface area contributed by atoms with Crippen LogP contribution in [0, 0.1) is 0 Å². The summed E-state index contributed by atoms with van der Waals surface area (Å²) in [6, 6.07) is 25.8. The quantitative estimate of drug-likeness (QED) is 0.295. The molecule has 0 aliphatic rings. The van der Waals surface area contributed by atoms with E-state index in [-0.39, 0.29) is 17.7 Å². The van der Waals surface area contributed by atoms with Gasteiger partial charge in [0.2, 0.25) is 0 Å². The van der Waals surface area contributed by atoms with Crippen molar-refractivity contribution in [2.45, 2.75) is 25.9 Å². The lowest BCUT2D eigenvalue weighted by Crippen LogP contribution is -2.36. The second kappa shape index (κ2) is 10.6. The standard InChI is InChI=1S/C26H25ClN2O2/c1-18(20-11-5-3-6-12-20)28-25(30)23(17-22-15-9-10-16-24(22)27)26(31)29-19(2)21-13-7-4-8-14-21/h3-19H,1-2H3,(H,28,30)(H,29,31)/t18-,19-/m0/s1. The monoisotopic (exact) mass is 432 g/mol. The van der Waals surface area contributed by atoms with Gasteiger partial charge < -0.3 is 10.6 Å². The minimum atomic E-state index is -0.464. The molecule has 0 unspecified atom stereocenters. The third-order valence-corrected chi connectivity index (χ3v) is 5.33. The maximum absolute atomic E-state index is 13.1. The summed E-state index contributed by atoms with van der Waals surface area (Å²) in [6.45, 7) is 3.76. The number of carbonyl (C=O) groups excluding carboxylic acids is 2. The lowest BCUT2D eigenvalue weighted by atomic mass is 10.0. The van der Waals surface area contributed by atoms with Gasteiger partial charge in [-0.3, -0.25) is 9.59 Å². The van der Waals surface area contributed by atoms with E-state index in [1.165, 1.54) is 6.08 Å². The van der Waals surface area contributed by atoms with Crippen molar-refractivity contribution in [3.05, 3.63) is 112 Å². The summed E-state index contributed by atoms with van der Waals surface area (Å²) >= 11 is 6.27. The topological polar surface area (TPSA) is 58.2 Å². The number of nitrogens with one attached hydrogen (secondary N) is 2. The molecule has 0 aliphatic carbocycles. The van der Waals surface area contributed by atoms with Crippen LogP contribution in [0.3, 0.4) is 0 Å². The first-order chi connectivity index (χ1) is 15.0. The van der Waals surface area contributed by atoms with Gasteiger partial charge in [-0.2, -0.15) is 0 Å². The largest absolute Gasteiger partial charge is 0.345 e. The van der Waals surface area contributed by atoms with Crippen LogP contribution in [0.15, 0.2) is 90.5 Å². The van der Waals surface area contributed by atoms with Crippen LogP contribution in [0.5, 0.6) is 0 Å². The van der Waals surface area contributed by atoms with Crippen molar-refractivity contribution < 1.29 is 9.59 Å². The molecular formula is C26H25ClN2O2. The van der Waals surface area contributed by atoms with E-state index in [0.29, 0.717) is 10.6 Å². The summed E-state index contributed by atoms with van der Waals surface area (Å²) in [6.07, 6.45) is 1.53. The average Bonchev–Trinajstić information content (AvgIpc) is 2.79. The molecule has 0 radical (unpaired) electrons. The summed E-state index contributed by atoms with van der Waals surface area (Å²) in [5, 5.41) is 6.30. The molecule has 4 nitrogen and oxygen atoms in total. The highest BCUT2D eigenvalue weighted by Crippen LogP contribution is 2.20. The summed E-state index contributed by atoms with van der Waals surface area (Å²) < 4.78 is 0. The van der Waals surface area contributed by atoms with Crippen molar-refractivity contribution in [2.24, 2.45) is 0 Å². The lowest BCUT2D eigenvalue weighted by Gasteiger charge is -2.18. The first-order valence-electron chi connectivity index (χ1n) is 10.1. The zero-order valence-electron chi connectivity index (χ0n) is 17.5. The third kappa shape index (κ3) is 6.06. The number of hydrogen-bond donors (Lipinski definition) is 2. The number of amides is 2. The minimum absolute atomic E-state index is 0.00124. The Morgan fingerprint density at radius 1 is 0.710 bits per heavy atom. The van der Waals surface area contributed by atoms with Gasteiger partial charge >= 0.3 is 0 Å². The second-order valence-corrected chi connectivity index (χ2v) is 7.70. The number of carbonyl (C=O) groups is 2. The smallest absolute Gasteiger partial charge is 0.257 e. The molecule has 3 rings (SSSR count). The molecule has 0 saturated heterocycles. The van der Waals surface area contributed by atoms with Gasteiger partial charge in [-0.05, 0) is 42.7 Å². The van der Waals surface area contributed by atoms with Crippen LogP contribution in [0.25, 0.3) is 6.08 Å². The number of halogens is 1. The minimum Gasteiger partial charge on any atom is -0.345 e. The third-order valence-electron chi connectivity index (χ3n) is 4.99. The zero-order chi connectivity index (χ0) is 22.2. The first kappa shape index (κ1) is 22.3. The van der Waals surface area contributed by atoms with Gasteiger partial charge in [0.25, 0.3) is 11.8 Å². The Labute approximate surface area is 188 Å². The van der Waals surface area contributed by atoms with E-state index < -0.39 is 11.8 Å². The van der Waals surface area contributed by atoms with E-state index in [9.17, 15) is 9.59 Å². The number of hydrogen-bond acceptors (Lipinski definition) is 2. The molecule has 0 bridgehead atoms. The Morgan fingerprint density at radius 3 is 1.58 bits per heavy atom. The summed E-state index contributed by atoms with van der Waals surface area (Å²) in [5.41, 5.74) is 2.50. The Kier molecular flexibility index (Phi) is 7.63. The van der Waals surface area contributed by atoms with Crippen LogP contribution in [0.2, 0.25) is 5.02 Å². The van der Waals surface area contributed by atoms with E-state index in [0.717, 1.165) is 11.1 Å². The van der Waals surface area contributed by atoms with Crippen LogP contribution in [-0.4, -0.2) is 11.8 Å². The zero-order valence-corrected chi connectivity index (χ0v) is 18.3. The molecule has 2 atom stereocenters. The predicted molar refractivity (Wildman–Crippen MR) is 125 cm³/mol. The number of rotatable bonds is 7. The fraction of sp³-hybridized carbons (Fsp3) is 0.154. The molecule has 3 aromatic carbocycles. The highest BCUT2D eigenvalue weighted by atomic mass is 35.5. The highest BCUT2D eigenvalue weighted by molar-refractivity contribution is 6.32. The Bertz CT molecular complexity index is 1000. The van der Waals surface area contributed by atoms with E-state index in [4.69, 9.17) is 11.6 Å². The molecule has 2 N–H and O–H groups in total. The summed E-state index contributed by atoms with van der Waals surface area (Å²) in [7, 11) is 0. The van der Waals surface area contributed by atoms with Gasteiger partial charge in [-0.1, -0.05) is 90.5 Å². The lowest BCUT2D eigenvalue weighted by molar-refractivity contribution is -0.124. The van der Waals surface area contributed by atoms with Crippen LogP contribution in [0.4, 0.5) is 0 Å². The molecule has 0 aromatic heterocycles. The molecular weight excluding hydrogens is 408 g/mol. The Balaban J connectivity index is 1.86. The van der Waals surface area contributed by atoms with E-state index in [1.54, 1.807) is 18.2 Å². The van der Waals surface area contributed by atoms with Crippen molar-refractivity contribution in [1.82, 2.24) is 10.6 Å². The van der Waals surface area contributed by atoms with Crippen molar-refractivity contribution in [2.75, 3.05) is 0 Å². The molecule has 0 fully saturated rings. The van der Waals surface area contributed by atoms with Crippen molar-refractivity contribution in [3.8, 4) is 0 Å². The molecule has 31 heavy (non-hydrogen) atoms. The molecule has 0 spiro atoms. The Morgan fingerprint density at radius 2 is 1.13 bits per heavy atom. The van der Waals surface area contributed by atoms with Gasteiger partial charge in [0.15, 0.2) is 0 Å².